The summed E-state index contributed by atoms with van der Waals surface area (Å²) >= 11 is 1.90. The van der Waals surface area contributed by atoms with Crippen LogP contribution in [0.1, 0.15) is 51.4 Å². The summed E-state index contributed by atoms with van der Waals surface area (Å²) in [5.74, 6) is 0. The van der Waals surface area contributed by atoms with E-state index in [-0.39, 0.29) is 12.1 Å². The Morgan fingerprint density at radius 1 is 1.03 bits per heavy atom. The Labute approximate surface area is 217 Å². The number of carbonyl (C=O) groups excluding carboxylic acids is 1. The van der Waals surface area contributed by atoms with E-state index in [1.807, 2.05) is 28.4 Å². The number of nitrogens with zero attached hydrogens (tertiary/aromatic N) is 3. The number of benzene rings is 2. The zero-order valence-electron chi connectivity index (χ0n) is 21.1. The van der Waals surface area contributed by atoms with Crippen LogP contribution in [-0.4, -0.2) is 33.5 Å². The van der Waals surface area contributed by atoms with Gasteiger partial charge in [0.15, 0.2) is 0 Å². The lowest BCUT2D eigenvalue weighted by Crippen LogP contribution is -2.38. The highest BCUT2D eigenvalue weighted by molar-refractivity contribution is 7.15. The Bertz CT molecular complexity index is 1420. The van der Waals surface area contributed by atoms with Gasteiger partial charge in [-0.2, -0.15) is 0 Å². The van der Waals surface area contributed by atoms with Crippen LogP contribution in [0.5, 0.6) is 0 Å². The molecule has 36 heavy (non-hydrogen) atoms. The van der Waals surface area contributed by atoms with Gasteiger partial charge < -0.3 is 14.8 Å². The van der Waals surface area contributed by atoms with Crippen LogP contribution >= 0.6 is 11.3 Å². The van der Waals surface area contributed by atoms with E-state index in [0.717, 1.165) is 48.6 Å². The molecule has 6 heteroatoms. The molecule has 1 atom stereocenters. The molecule has 6 rings (SSSR count). The van der Waals surface area contributed by atoms with Gasteiger partial charge in [0.25, 0.3) is 0 Å². The largest absolute Gasteiger partial charge is 0.322 e. The molecule has 2 aromatic carbocycles. The molecule has 184 valence electrons. The van der Waals surface area contributed by atoms with Crippen molar-refractivity contribution in [1.82, 2.24) is 14.4 Å². The van der Waals surface area contributed by atoms with Crippen molar-refractivity contribution in [2.24, 2.45) is 0 Å². The maximum atomic E-state index is 14.1. The highest BCUT2D eigenvalue weighted by Gasteiger charge is 2.36. The molecule has 2 aliphatic rings. The maximum absolute atomic E-state index is 14.1. The first kappa shape index (κ1) is 23.1. The fourth-order valence-electron chi connectivity index (χ4n) is 5.67. The number of fused-ring (bicyclic) bond motifs is 5. The molecule has 0 bridgehead atoms. The minimum Gasteiger partial charge on any atom is -0.310 e. The summed E-state index contributed by atoms with van der Waals surface area (Å²) in [4.78, 5) is 20.1. The van der Waals surface area contributed by atoms with Crippen molar-refractivity contribution in [1.29, 1.82) is 0 Å². The van der Waals surface area contributed by atoms with Crippen LogP contribution in [0.3, 0.4) is 0 Å². The van der Waals surface area contributed by atoms with E-state index in [4.69, 9.17) is 0 Å². The molecule has 1 N–H and O–H groups in total. The first-order valence-electron chi connectivity index (χ1n) is 12.8. The van der Waals surface area contributed by atoms with E-state index in [0.29, 0.717) is 6.54 Å². The standard InChI is InChI=1S/C30H32N4OS/c1-4-32-16-14-23-24-18-34(30(35)31-25-13-12-20(2)17-21(25)3)28(22-9-6-5-7-10-22)26-11-8-15-33(26)29(24)36-27(23)19-32/h5-13,15,17,28H,4,14,16,18-19H2,1-3H3,(H,31,35). The molecule has 0 radical (unpaired) electrons. The molecule has 1 unspecified atom stereocenters. The smallest absolute Gasteiger partial charge is 0.310 e. The van der Waals surface area contributed by atoms with Gasteiger partial charge >= 0.3 is 6.03 Å². The zero-order chi connectivity index (χ0) is 24.8. The summed E-state index contributed by atoms with van der Waals surface area (Å²) in [6, 6.07) is 20.6. The quantitative estimate of drug-likeness (QED) is 0.344. The highest BCUT2D eigenvalue weighted by atomic mass is 32.1. The summed E-state index contributed by atoms with van der Waals surface area (Å²) < 4.78 is 2.33. The molecule has 0 saturated carbocycles. The molecular weight excluding hydrogens is 464 g/mol. The Kier molecular flexibility index (Phi) is 5.94. The Balaban J connectivity index is 1.47. The van der Waals surface area contributed by atoms with E-state index in [2.05, 4.69) is 90.3 Å². The second-order valence-corrected chi connectivity index (χ2v) is 11.0. The van der Waals surface area contributed by atoms with Gasteiger partial charge in [-0.05, 0) is 61.7 Å². The first-order valence-corrected chi connectivity index (χ1v) is 13.6. The summed E-state index contributed by atoms with van der Waals surface area (Å²) in [5, 5.41) is 4.51. The molecule has 0 fully saturated rings. The summed E-state index contributed by atoms with van der Waals surface area (Å²) in [7, 11) is 0. The predicted molar refractivity (Wildman–Crippen MR) is 147 cm³/mol. The third kappa shape index (κ3) is 3.94. The predicted octanol–water partition coefficient (Wildman–Crippen LogP) is 6.67. The number of hydrogen-bond donors (Lipinski definition) is 1. The maximum Gasteiger partial charge on any atom is 0.322 e. The van der Waals surface area contributed by atoms with Crippen molar-refractivity contribution in [3.05, 3.63) is 105 Å². The normalized spacial score (nSPS) is 17.2. The number of amides is 2. The summed E-state index contributed by atoms with van der Waals surface area (Å²) in [5.41, 5.74) is 8.12. The van der Waals surface area contributed by atoms with Gasteiger partial charge in [0.2, 0.25) is 0 Å². The molecule has 4 aromatic rings. The van der Waals surface area contributed by atoms with Crippen LogP contribution in [-0.2, 0) is 19.5 Å². The number of aromatic nitrogens is 1. The molecule has 2 amide bonds. The van der Waals surface area contributed by atoms with Crippen molar-refractivity contribution < 1.29 is 4.79 Å². The fourth-order valence-corrected chi connectivity index (χ4v) is 7.08. The van der Waals surface area contributed by atoms with E-state index in [9.17, 15) is 4.79 Å². The number of urea groups is 1. The summed E-state index contributed by atoms with van der Waals surface area (Å²) in [6.45, 7) is 10.1. The molecule has 0 spiro atoms. The average molecular weight is 497 g/mol. The second kappa shape index (κ2) is 9.26. The number of hydrogen-bond acceptors (Lipinski definition) is 3. The number of anilines is 1. The lowest BCUT2D eigenvalue weighted by molar-refractivity contribution is 0.194. The van der Waals surface area contributed by atoms with E-state index < -0.39 is 0 Å². The number of carbonyl (C=O) groups is 1. The third-order valence-electron chi connectivity index (χ3n) is 7.59. The van der Waals surface area contributed by atoms with E-state index in [1.54, 1.807) is 0 Å². The number of aryl methyl sites for hydroxylation is 2. The first-order chi connectivity index (χ1) is 17.5. The number of nitrogens with one attached hydrogen (secondary N) is 1. The fraction of sp³-hybridized carbons (Fsp3) is 0.300. The van der Waals surface area contributed by atoms with Crippen LogP contribution in [0, 0.1) is 13.8 Å². The molecule has 0 saturated heterocycles. The second-order valence-electron chi connectivity index (χ2n) is 9.90. The van der Waals surface area contributed by atoms with Crippen LogP contribution < -0.4 is 5.32 Å². The highest BCUT2D eigenvalue weighted by Crippen LogP contribution is 2.43. The number of rotatable bonds is 3. The van der Waals surface area contributed by atoms with Crippen LogP contribution in [0.2, 0.25) is 0 Å². The molecule has 4 heterocycles. The summed E-state index contributed by atoms with van der Waals surface area (Å²) in [6.07, 6.45) is 3.20. The van der Waals surface area contributed by atoms with Gasteiger partial charge in [-0.3, -0.25) is 4.90 Å². The van der Waals surface area contributed by atoms with Crippen LogP contribution in [0.25, 0.3) is 5.00 Å². The topological polar surface area (TPSA) is 40.5 Å². The van der Waals surface area contributed by atoms with Crippen LogP contribution in [0.15, 0.2) is 66.9 Å². The third-order valence-corrected chi connectivity index (χ3v) is 8.85. The van der Waals surface area contributed by atoms with Gasteiger partial charge in [0, 0.05) is 35.4 Å². The molecule has 2 aliphatic heterocycles. The van der Waals surface area contributed by atoms with Crippen LogP contribution in [0.4, 0.5) is 10.5 Å². The Hall–Kier alpha value is -3.35. The van der Waals surface area contributed by atoms with E-state index in [1.165, 1.54) is 26.6 Å². The lowest BCUT2D eigenvalue weighted by atomic mass is 10.00. The Morgan fingerprint density at radius 3 is 2.64 bits per heavy atom. The van der Waals surface area contributed by atoms with Crippen molar-refractivity contribution >= 4 is 23.1 Å². The van der Waals surface area contributed by atoms with Gasteiger partial charge in [-0.25, -0.2) is 4.79 Å². The van der Waals surface area contributed by atoms with Crippen molar-refractivity contribution in [2.75, 3.05) is 18.4 Å². The van der Waals surface area contributed by atoms with Gasteiger partial charge in [-0.1, -0.05) is 55.0 Å². The molecular formula is C30H32N4OS. The van der Waals surface area contributed by atoms with Gasteiger partial charge in [0.05, 0.1) is 18.3 Å². The monoisotopic (exact) mass is 496 g/mol. The molecule has 5 nitrogen and oxygen atoms in total. The van der Waals surface area contributed by atoms with E-state index >= 15 is 0 Å². The van der Waals surface area contributed by atoms with Gasteiger partial charge in [-0.15, -0.1) is 11.3 Å². The minimum atomic E-state index is -0.182. The molecule has 2 aromatic heterocycles. The number of thiophene rings is 1. The zero-order valence-corrected chi connectivity index (χ0v) is 21.9. The SMILES string of the molecule is CCN1CCc2c(sc3c2CN(C(=O)Nc2ccc(C)cc2C)C(c2ccccc2)c2cccn2-3)C1. The average Bonchev–Trinajstić information content (AvgIpc) is 3.47. The van der Waals surface area contributed by atoms with Crippen molar-refractivity contribution in [3.8, 4) is 5.00 Å². The van der Waals surface area contributed by atoms with Crippen molar-refractivity contribution in [3.63, 3.8) is 0 Å². The van der Waals surface area contributed by atoms with Gasteiger partial charge in [0.1, 0.15) is 5.00 Å². The minimum absolute atomic E-state index is 0.0673. The van der Waals surface area contributed by atoms with Crippen molar-refractivity contribution in [2.45, 2.75) is 46.3 Å². The molecule has 0 aliphatic carbocycles. The lowest BCUT2D eigenvalue weighted by Gasteiger charge is -2.32. The number of likely N-dealkylation sites (N-methyl/N-ethyl adjacent to an activating group) is 1. The Morgan fingerprint density at radius 2 is 1.86 bits per heavy atom.